The molecule has 0 saturated carbocycles. The lowest BCUT2D eigenvalue weighted by atomic mass is 9.48. The van der Waals surface area contributed by atoms with Crippen molar-refractivity contribution in [1.29, 1.82) is 0 Å². The van der Waals surface area contributed by atoms with E-state index in [0.717, 1.165) is 38.8 Å². The van der Waals surface area contributed by atoms with E-state index in [4.69, 9.17) is 9.47 Å². The lowest BCUT2D eigenvalue weighted by Crippen LogP contribution is -2.75. The largest absolute Gasteiger partial charge is 0.504 e. The summed E-state index contributed by atoms with van der Waals surface area (Å²) in [4.78, 5) is 2.68. The molecule has 2 aliphatic heterocycles. The number of piperidine rings is 1. The van der Waals surface area contributed by atoms with E-state index in [-0.39, 0.29) is 23.3 Å². The third kappa shape index (κ3) is 2.52. The molecule has 5 heteroatoms. The molecule has 2 bridgehead atoms. The lowest BCUT2D eigenvalue weighted by molar-refractivity contribution is -0.190. The second-order valence-corrected chi connectivity index (χ2v) is 11.4. The highest BCUT2D eigenvalue weighted by Gasteiger charge is 2.73. The van der Waals surface area contributed by atoms with Gasteiger partial charge < -0.3 is 19.1 Å². The molecule has 188 valence electrons. The molecular formula is C32H32N2O3. The van der Waals surface area contributed by atoms with Crippen LogP contribution in [0.5, 0.6) is 11.5 Å². The van der Waals surface area contributed by atoms with E-state index in [1.807, 2.05) is 13.2 Å². The third-order valence-electron chi connectivity index (χ3n) is 10.1. The van der Waals surface area contributed by atoms with Crippen LogP contribution in [0, 0.1) is 0 Å². The van der Waals surface area contributed by atoms with Crippen molar-refractivity contribution < 1.29 is 14.6 Å². The first-order chi connectivity index (χ1) is 18.1. The first-order valence-electron chi connectivity index (χ1n) is 13.5. The molecule has 1 spiro atoms. The normalized spacial score (nSPS) is 29.1. The number of rotatable bonds is 4. The number of methoxy groups -OCH3 is 1. The fourth-order valence-corrected chi connectivity index (χ4v) is 8.63. The quantitative estimate of drug-likeness (QED) is 0.432. The van der Waals surface area contributed by atoms with Gasteiger partial charge in [0.1, 0.15) is 5.60 Å². The standard InChI is InChI=1S/C32H32N2O3/c1-33-24-11-7-6-10-22(24)23-19-32(36-2)26-18-21-12-13-25(35)29-27(21)31(32,30(37-29)28(23)33)15-17-34(26)16-14-20-8-4-3-5-9-20/h3-13,26,30,35H,14-19H2,1-2H3/t26-,30-,31-,32+/m0/s1. The number of phenols is 1. The first kappa shape index (κ1) is 21.8. The molecule has 3 aromatic carbocycles. The van der Waals surface area contributed by atoms with Crippen LogP contribution in [0.4, 0.5) is 0 Å². The number of fused-ring (bicyclic) bond motifs is 4. The zero-order valence-electron chi connectivity index (χ0n) is 21.4. The van der Waals surface area contributed by atoms with Crippen molar-refractivity contribution in [3.63, 3.8) is 0 Å². The number of phenolic OH excluding ortho intramolecular Hbond substituents is 1. The average Bonchev–Trinajstić information content (AvgIpc) is 3.42. The predicted octanol–water partition coefficient (Wildman–Crippen LogP) is 5.07. The topological polar surface area (TPSA) is 46.9 Å². The van der Waals surface area contributed by atoms with Gasteiger partial charge in [-0.25, -0.2) is 0 Å². The summed E-state index contributed by atoms with van der Waals surface area (Å²) >= 11 is 0. The summed E-state index contributed by atoms with van der Waals surface area (Å²) < 4.78 is 16.0. The Labute approximate surface area is 217 Å². The summed E-state index contributed by atoms with van der Waals surface area (Å²) in [6, 6.07) is 23.7. The fourth-order valence-electron chi connectivity index (χ4n) is 8.63. The molecule has 37 heavy (non-hydrogen) atoms. The number of aromatic hydroxyl groups is 1. The predicted molar refractivity (Wildman–Crippen MR) is 143 cm³/mol. The molecule has 3 heterocycles. The third-order valence-corrected chi connectivity index (χ3v) is 10.1. The summed E-state index contributed by atoms with van der Waals surface area (Å²) in [6.07, 6.45) is 3.54. The Morgan fingerprint density at radius 1 is 1.05 bits per heavy atom. The molecular weight excluding hydrogens is 460 g/mol. The van der Waals surface area contributed by atoms with E-state index >= 15 is 0 Å². The molecule has 4 aromatic rings. The number of aromatic nitrogens is 1. The number of para-hydroxylation sites is 1. The zero-order valence-corrected chi connectivity index (χ0v) is 21.4. The van der Waals surface area contributed by atoms with Crippen molar-refractivity contribution in [2.75, 3.05) is 20.2 Å². The minimum Gasteiger partial charge on any atom is -0.504 e. The maximum absolute atomic E-state index is 11.0. The van der Waals surface area contributed by atoms with Gasteiger partial charge in [0.2, 0.25) is 0 Å². The van der Waals surface area contributed by atoms with Gasteiger partial charge in [0.25, 0.3) is 0 Å². The summed E-state index contributed by atoms with van der Waals surface area (Å²) in [7, 11) is 4.08. The van der Waals surface area contributed by atoms with Gasteiger partial charge in [0.05, 0.1) is 11.1 Å². The number of likely N-dealkylation sites (tertiary alicyclic amines) is 1. The Hall–Kier alpha value is -3.28. The second-order valence-electron chi connectivity index (χ2n) is 11.4. The molecule has 1 fully saturated rings. The highest BCUT2D eigenvalue weighted by atomic mass is 16.5. The van der Waals surface area contributed by atoms with Crippen molar-refractivity contribution in [2.24, 2.45) is 7.05 Å². The van der Waals surface area contributed by atoms with Gasteiger partial charge in [0, 0.05) is 49.6 Å². The van der Waals surface area contributed by atoms with Gasteiger partial charge in [-0.05, 0) is 54.6 Å². The van der Waals surface area contributed by atoms with Gasteiger partial charge >= 0.3 is 0 Å². The number of nitrogens with zero attached hydrogens (tertiary/aromatic N) is 2. The summed E-state index contributed by atoms with van der Waals surface area (Å²) in [5.74, 6) is 0.927. The van der Waals surface area contributed by atoms with Crippen molar-refractivity contribution >= 4 is 10.9 Å². The van der Waals surface area contributed by atoms with Crippen LogP contribution in [0.15, 0.2) is 66.7 Å². The molecule has 4 aliphatic rings. The summed E-state index contributed by atoms with van der Waals surface area (Å²) in [5, 5.41) is 12.3. The SMILES string of the molecule is CO[C@@]12Cc3c(n(C)c4ccccc34)[C@@H]3Oc4c(O)ccc5c4[C@@]31CCN(CCc1ccccc1)[C@H]2C5. The van der Waals surface area contributed by atoms with Crippen LogP contribution < -0.4 is 4.74 Å². The van der Waals surface area contributed by atoms with Crippen molar-refractivity contribution in [3.8, 4) is 11.5 Å². The van der Waals surface area contributed by atoms with E-state index in [1.54, 1.807) is 0 Å². The van der Waals surface area contributed by atoms with Crippen molar-refractivity contribution in [2.45, 2.75) is 48.8 Å². The molecule has 1 aromatic heterocycles. The van der Waals surface area contributed by atoms with Gasteiger partial charge in [-0.1, -0.05) is 54.6 Å². The average molecular weight is 493 g/mol. The number of aryl methyl sites for hydroxylation is 1. The van der Waals surface area contributed by atoms with Gasteiger partial charge in [-0.2, -0.15) is 0 Å². The Bertz CT molecular complexity index is 1560. The van der Waals surface area contributed by atoms with Gasteiger partial charge in [-0.15, -0.1) is 0 Å². The van der Waals surface area contributed by atoms with E-state index < -0.39 is 5.60 Å². The Morgan fingerprint density at radius 3 is 2.70 bits per heavy atom. The van der Waals surface area contributed by atoms with Crippen LogP contribution in [0.1, 0.15) is 40.5 Å². The highest BCUT2D eigenvalue weighted by Crippen LogP contribution is 2.70. The fraction of sp³-hybridized carbons (Fsp3) is 0.375. The molecule has 1 N–H and O–H groups in total. The Morgan fingerprint density at radius 2 is 1.86 bits per heavy atom. The molecule has 0 radical (unpaired) electrons. The zero-order chi connectivity index (χ0) is 24.9. The minimum atomic E-state index is -0.435. The molecule has 8 rings (SSSR count). The molecule has 4 atom stereocenters. The van der Waals surface area contributed by atoms with E-state index in [0.29, 0.717) is 5.75 Å². The summed E-state index contributed by atoms with van der Waals surface area (Å²) in [5.41, 5.74) is 6.93. The van der Waals surface area contributed by atoms with Gasteiger partial charge in [-0.3, -0.25) is 4.90 Å². The smallest absolute Gasteiger partial charge is 0.166 e. The molecule has 5 nitrogen and oxygen atoms in total. The Balaban J connectivity index is 1.35. The highest BCUT2D eigenvalue weighted by molar-refractivity contribution is 5.87. The number of benzene rings is 3. The minimum absolute atomic E-state index is 0.185. The molecule has 1 saturated heterocycles. The second kappa shape index (κ2) is 7.40. The summed E-state index contributed by atoms with van der Waals surface area (Å²) in [6.45, 7) is 2.00. The van der Waals surface area contributed by atoms with E-state index in [1.165, 1.54) is 38.9 Å². The van der Waals surface area contributed by atoms with Crippen LogP contribution in [-0.4, -0.2) is 46.4 Å². The van der Waals surface area contributed by atoms with E-state index in [9.17, 15) is 5.11 Å². The van der Waals surface area contributed by atoms with Crippen LogP contribution in [0.2, 0.25) is 0 Å². The monoisotopic (exact) mass is 492 g/mol. The van der Waals surface area contributed by atoms with Crippen molar-refractivity contribution in [3.05, 3.63) is 94.7 Å². The van der Waals surface area contributed by atoms with Crippen molar-refractivity contribution in [1.82, 2.24) is 9.47 Å². The maximum atomic E-state index is 11.0. The van der Waals surface area contributed by atoms with Crippen LogP contribution >= 0.6 is 0 Å². The Kier molecular flexibility index (Phi) is 4.35. The number of hydrogen-bond donors (Lipinski definition) is 1. The van der Waals surface area contributed by atoms with Crippen LogP contribution in [0.25, 0.3) is 10.9 Å². The van der Waals surface area contributed by atoms with Crippen LogP contribution in [0.3, 0.4) is 0 Å². The lowest BCUT2D eigenvalue weighted by Gasteiger charge is -2.64. The van der Waals surface area contributed by atoms with Crippen LogP contribution in [-0.2, 0) is 36.5 Å². The molecule has 0 amide bonds. The number of hydrogen-bond acceptors (Lipinski definition) is 4. The molecule has 0 unspecified atom stereocenters. The van der Waals surface area contributed by atoms with Gasteiger partial charge in [0.15, 0.2) is 17.6 Å². The maximum Gasteiger partial charge on any atom is 0.166 e. The number of ether oxygens (including phenoxy) is 2. The first-order valence-corrected chi connectivity index (χ1v) is 13.5. The van der Waals surface area contributed by atoms with E-state index in [2.05, 4.69) is 77.2 Å². The molecule has 2 aliphatic carbocycles.